The Morgan fingerprint density at radius 2 is 2.25 bits per heavy atom. The summed E-state index contributed by atoms with van der Waals surface area (Å²) in [5, 5.41) is 4.44. The van der Waals surface area contributed by atoms with Crippen LogP contribution in [0.4, 0.5) is 5.82 Å². The van der Waals surface area contributed by atoms with Gasteiger partial charge in [0.15, 0.2) is 0 Å². The van der Waals surface area contributed by atoms with E-state index in [-0.39, 0.29) is 6.10 Å². The van der Waals surface area contributed by atoms with Gasteiger partial charge in [0.2, 0.25) is 0 Å². The molecule has 3 rings (SSSR count). The van der Waals surface area contributed by atoms with Crippen molar-refractivity contribution in [2.24, 2.45) is 0 Å². The summed E-state index contributed by atoms with van der Waals surface area (Å²) in [5.41, 5.74) is 2.31. The first-order chi connectivity index (χ1) is 9.78. The smallest absolute Gasteiger partial charge is 0.133 e. The standard InChI is InChI=1S/C16H21N3O/c1-12-11-19(7-8-20-12)16-14(10-17-2)9-13-5-3-4-6-15(13)18-16/h3-6,9,12,17H,7-8,10-11H2,1-2H3. The average Bonchev–Trinajstić information content (AvgIpc) is 2.47. The lowest BCUT2D eigenvalue weighted by Crippen LogP contribution is -2.42. The zero-order valence-corrected chi connectivity index (χ0v) is 12.1. The molecule has 2 aromatic rings. The number of anilines is 1. The van der Waals surface area contributed by atoms with Gasteiger partial charge in [0.1, 0.15) is 5.82 Å². The number of aromatic nitrogens is 1. The van der Waals surface area contributed by atoms with Crippen LogP contribution in [-0.4, -0.2) is 37.8 Å². The summed E-state index contributed by atoms with van der Waals surface area (Å²) in [6.45, 7) is 5.53. The van der Waals surface area contributed by atoms with E-state index < -0.39 is 0 Å². The number of ether oxygens (including phenoxy) is 1. The molecule has 1 saturated heterocycles. The molecule has 4 nitrogen and oxygen atoms in total. The number of nitrogens with one attached hydrogen (secondary N) is 1. The normalized spacial score (nSPS) is 19.5. The Labute approximate surface area is 119 Å². The number of para-hydroxylation sites is 1. The van der Waals surface area contributed by atoms with Gasteiger partial charge in [-0.2, -0.15) is 0 Å². The quantitative estimate of drug-likeness (QED) is 0.928. The fraction of sp³-hybridized carbons (Fsp3) is 0.438. The first-order valence-corrected chi connectivity index (χ1v) is 7.18. The van der Waals surface area contributed by atoms with Gasteiger partial charge >= 0.3 is 0 Å². The second kappa shape index (κ2) is 5.77. The van der Waals surface area contributed by atoms with E-state index in [0.29, 0.717) is 0 Å². The zero-order valence-electron chi connectivity index (χ0n) is 12.1. The number of fused-ring (bicyclic) bond motifs is 1. The number of hydrogen-bond donors (Lipinski definition) is 1. The van der Waals surface area contributed by atoms with Crippen LogP contribution in [0.1, 0.15) is 12.5 Å². The third-order valence-electron chi connectivity index (χ3n) is 3.69. The molecular formula is C16H21N3O. The van der Waals surface area contributed by atoms with E-state index in [9.17, 15) is 0 Å². The molecular weight excluding hydrogens is 250 g/mol. The highest BCUT2D eigenvalue weighted by Gasteiger charge is 2.20. The van der Waals surface area contributed by atoms with Crippen molar-refractivity contribution in [1.82, 2.24) is 10.3 Å². The molecule has 0 bridgehead atoms. The minimum absolute atomic E-state index is 0.263. The van der Waals surface area contributed by atoms with Gasteiger partial charge in [0.05, 0.1) is 18.2 Å². The Balaban J connectivity index is 2.04. The van der Waals surface area contributed by atoms with E-state index in [1.54, 1.807) is 0 Å². The first kappa shape index (κ1) is 13.3. The summed E-state index contributed by atoms with van der Waals surface area (Å²) >= 11 is 0. The van der Waals surface area contributed by atoms with Gasteiger partial charge in [-0.05, 0) is 26.1 Å². The molecule has 1 unspecified atom stereocenters. The number of morpholine rings is 1. The summed E-state index contributed by atoms with van der Waals surface area (Å²) in [5.74, 6) is 1.09. The van der Waals surface area contributed by atoms with Crippen LogP contribution in [0.25, 0.3) is 10.9 Å². The Morgan fingerprint density at radius 3 is 3.05 bits per heavy atom. The summed E-state index contributed by atoms with van der Waals surface area (Å²) in [4.78, 5) is 7.22. The van der Waals surface area contributed by atoms with Crippen LogP contribution in [0.15, 0.2) is 30.3 Å². The summed E-state index contributed by atoms with van der Waals surface area (Å²) in [6, 6.07) is 10.5. The molecule has 1 aromatic carbocycles. The molecule has 1 atom stereocenters. The van der Waals surface area contributed by atoms with Crippen molar-refractivity contribution >= 4 is 16.7 Å². The molecule has 4 heteroatoms. The molecule has 0 radical (unpaired) electrons. The van der Waals surface area contributed by atoms with Gasteiger partial charge in [-0.1, -0.05) is 18.2 Å². The largest absolute Gasteiger partial charge is 0.375 e. The molecule has 20 heavy (non-hydrogen) atoms. The SMILES string of the molecule is CNCc1cc2ccccc2nc1N1CCOC(C)C1. The van der Waals surface area contributed by atoms with Crippen molar-refractivity contribution < 1.29 is 4.74 Å². The maximum atomic E-state index is 5.63. The van der Waals surface area contributed by atoms with Gasteiger partial charge in [-0.25, -0.2) is 4.98 Å². The highest BCUT2D eigenvalue weighted by atomic mass is 16.5. The lowest BCUT2D eigenvalue weighted by atomic mass is 10.1. The first-order valence-electron chi connectivity index (χ1n) is 7.18. The van der Waals surface area contributed by atoms with Crippen LogP contribution in [0, 0.1) is 0 Å². The third-order valence-corrected chi connectivity index (χ3v) is 3.69. The molecule has 106 valence electrons. The number of hydrogen-bond acceptors (Lipinski definition) is 4. The second-order valence-corrected chi connectivity index (χ2v) is 5.32. The number of benzene rings is 1. The second-order valence-electron chi connectivity index (χ2n) is 5.32. The Morgan fingerprint density at radius 1 is 1.40 bits per heavy atom. The highest BCUT2D eigenvalue weighted by Crippen LogP contribution is 2.25. The number of nitrogens with zero attached hydrogens (tertiary/aromatic N) is 2. The van der Waals surface area contributed by atoms with E-state index in [2.05, 4.69) is 41.4 Å². The molecule has 0 amide bonds. The van der Waals surface area contributed by atoms with Gasteiger partial charge < -0.3 is 15.0 Å². The van der Waals surface area contributed by atoms with E-state index in [0.717, 1.165) is 37.6 Å². The lowest BCUT2D eigenvalue weighted by Gasteiger charge is -2.33. The van der Waals surface area contributed by atoms with E-state index in [1.165, 1.54) is 10.9 Å². The summed E-state index contributed by atoms with van der Waals surface area (Å²) in [7, 11) is 1.97. The molecule has 1 aliphatic heterocycles. The Hall–Kier alpha value is -1.65. The van der Waals surface area contributed by atoms with Gasteiger partial charge in [-0.3, -0.25) is 0 Å². The minimum Gasteiger partial charge on any atom is -0.375 e. The fourth-order valence-electron chi connectivity index (χ4n) is 2.75. The number of rotatable bonds is 3. The van der Waals surface area contributed by atoms with Gasteiger partial charge in [0, 0.05) is 30.6 Å². The van der Waals surface area contributed by atoms with E-state index in [4.69, 9.17) is 9.72 Å². The molecule has 0 saturated carbocycles. The van der Waals surface area contributed by atoms with E-state index >= 15 is 0 Å². The van der Waals surface area contributed by atoms with E-state index in [1.807, 2.05) is 13.1 Å². The Bertz CT molecular complexity index is 599. The molecule has 1 aromatic heterocycles. The topological polar surface area (TPSA) is 37.4 Å². The molecule has 1 N–H and O–H groups in total. The predicted octanol–water partition coefficient (Wildman–Crippen LogP) is 2.18. The van der Waals surface area contributed by atoms with Crippen molar-refractivity contribution in [3.63, 3.8) is 0 Å². The highest BCUT2D eigenvalue weighted by molar-refractivity contribution is 5.81. The van der Waals surface area contributed by atoms with Crippen molar-refractivity contribution in [2.45, 2.75) is 19.6 Å². The fourth-order valence-corrected chi connectivity index (χ4v) is 2.75. The predicted molar refractivity (Wildman–Crippen MR) is 82.1 cm³/mol. The van der Waals surface area contributed by atoms with Crippen LogP contribution in [0.5, 0.6) is 0 Å². The number of pyridine rings is 1. The van der Waals surface area contributed by atoms with Crippen molar-refractivity contribution in [1.29, 1.82) is 0 Å². The van der Waals surface area contributed by atoms with Crippen molar-refractivity contribution in [3.05, 3.63) is 35.9 Å². The lowest BCUT2D eigenvalue weighted by molar-refractivity contribution is 0.0529. The third kappa shape index (κ3) is 2.62. The average molecular weight is 271 g/mol. The van der Waals surface area contributed by atoms with Gasteiger partial charge in [-0.15, -0.1) is 0 Å². The summed E-state index contributed by atoms with van der Waals surface area (Å²) in [6.07, 6.45) is 0.263. The van der Waals surface area contributed by atoms with Crippen LogP contribution in [0.2, 0.25) is 0 Å². The van der Waals surface area contributed by atoms with Crippen LogP contribution < -0.4 is 10.2 Å². The van der Waals surface area contributed by atoms with Crippen molar-refractivity contribution in [2.75, 3.05) is 31.6 Å². The molecule has 0 aliphatic carbocycles. The minimum atomic E-state index is 0.263. The summed E-state index contributed by atoms with van der Waals surface area (Å²) < 4.78 is 5.63. The monoisotopic (exact) mass is 271 g/mol. The zero-order chi connectivity index (χ0) is 13.9. The molecule has 2 heterocycles. The maximum absolute atomic E-state index is 5.63. The van der Waals surface area contributed by atoms with Crippen LogP contribution >= 0.6 is 0 Å². The molecule has 1 fully saturated rings. The molecule has 1 aliphatic rings. The maximum Gasteiger partial charge on any atom is 0.133 e. The Kier molecular flexibility index (Phi) is 3.85. The van der Waals surface area contributed by atoms with Crippen LogP contribution in [0.3, 0.4) is 0 Å². The van der Waals surface area contributed by atoms with Crippen LogP contribution in [-0.2, 0) is 11.3 Å². The molecule has 0 spiro atoms. The van der Waals surface area contributed by atoms with Gasteiger partial charge in [0.25, 0.3) is 0 Å². The van der Waals surface area contributed by atoms with Crippen molar-refractivity contribution in [3.8, 4) is 0 Å².